The zero-order chi connectivity index (χ0) is 35.8. The van der Waals surface area contributed by atoms with E-state index in [1.807, 2.05) is 48.5 Å². The first-order valence-electron chi connectivity index (χ1n) is 17.2. The average Bonchev–Trinajstić information content (AvgIpc) is 3.34. The van der Waals surface area contributed by atoms with Crippen LogP contribution in [-0.2, 0) is 26.2 Å². The van der Waals surface area contributed by atoms with E-state index in [9.17, 15) is 10.2 Å². The Bertz CT molecular complexity index is 1280. The molecule has 272 valence electrons. The van der Waals surface area contributed by atoms with Crippen molar-refractivity contribution in [2.24, 2.45) is 11.8 Å². The van der Waals surface area contributed by atoms with Crippen molar-refractivity contribution in [1.82, 2.24) is 20.4 Å². The Balaban J connectivity index is 0.000000229. The van der Waals surface area contributed by atoms with Crippen molar-refractivity contribution in [3.05, 3.63) is 144 Å². The molecule has 1 heterocycles. The van der Waals surface area contributed by atoms with Crippen molar-refractivity contribution < 1.29 is 20.4 Å². The van der Waals surface area contributed by atoms with E-state index in [-0.39, 0.29) is 11.8 Å². The number of alkyl halides is 2. The quantitative estimate of drug-likeness (QED) is 0.0553. The molecule has 1 fully saturated rings. The van der Waals surface area contributed by atoms with E-state index in [1.54, 1.807) is 0 Å². The fourth-order valence-corrected chi connectivity index (χ4v) is 7.12. The van der Waals surface area contributed by atoms with E-state index in [0.29, 0.717) is 23.7 Å². The molecule has 0 radical (unpaired) electrons. The summed E-state index contributed by atoms with van der Waals surface area (Å²) in [5, 5.41) is 44.6. The van der Waals surface area contributed by atoms with Crippen molar-refractivity contribution in [2.75, 3.05) is 49.9 Å². The number of halogens is 2. The van der Waals surface area contributed by atoms with Crippen LogP contribution in [0.25, 0.3) is 0 Å². The molecule has 10 heteroatoms. The SMILES string of the molecule is OC(O)C(CBr)CBr.OC(O)C1CN(Cc2ccccc2)CCN(Cc2ccccc2)C1.c1ccc(CNCCNCc2ccccc2)cc1. The zero-order valence-corrected chi connectivity index (χ0v) is 32.0. The van der Waals surface area contributed by atoms with Gasteiger partial charge in [0.2, 0.25) is 0 Å². The van der Waals surface area contributed by atoms with Crippen LogP contribution in [-0.4, -0.2) is 92.7 Å². The Hall–Kier alpha value is -2.48. The third-order valence-electron chi connectivity index (χ3n) is 8.28. The fraction of sp³-hybridized carbons (Fsp3) is 0.400. The van der Waals surface area contributed by atoms with E-state index in [2.05, 4.69) is 125 Å². The lowest BCUT2D eigenvalue weighted by atomic mass is 10.1. The number of nitrogens with one attached hydrogen (secondary N) is 2. The molecular weight excluding hydrogens is 760 g/mol. The number of benzene rings is 4. The standard InChI is InChI=1S/C20H26N2O2.C16H20N2.C4H8Br2O2/c23-20(24)19-15-21(13-17-7-3-1-4-8-17)11-12-22(16-19)14-18-9-5-2-6-10-18;1-3-7-15(8-4-1)13-17-11-12-18-14-16-9-5-2-6-10-16;5-1-3(2-6)4(7)8/h1-10,19-20,23-24H,11-16H2;1-10,17-18H,11-14H2;3-4,7-8H,1-2H2. The second kappa shape index (κ2) is 25.5. The van der Waals surface area contributed by atoms with Crippen LogP contribution in [0.3, 0.4) is 0 Å². The molecule has 0 aliphatic carbocycles. The maximum atomic E-state index is 9.77. The van der Waals surface area contributed by atoms with Gasteiger partial charge in [0.05, 0.1) is 0 Å². The molecule has 0 spiro atoms. The Morgan fingerprint density at radius 1 is 0.540 bits per heavy atom. The van der Waals surface area contributed by atoms with Crippen LogP contribution in [0.1, 0.15) is 22.3 Å². The third-order valence-corrected chi connectivity index (χ3v) is 9.94. The smallest absolute Gasteiger partial charge is 0.156 e. The van der Waals surface area contributed by atoms with Gasteiger partial charge in [-0.15, -0.1) is 0 Å². The van der Waals surface area contributed by atoms with Crippen molar-refractivity contribution in [3.8, 4) is 0 Å². The molecule has 8 nitrogen and oxygen atoms in total. The lowest BCUT2D eigenvalue weighted by Gasteiger charge is -2.25. The summed E-state index contributed by atoms with van der Waals surface area (Å²) >= 11 is 6.25. The molecule has 0 unspecified atom stereocenters. The summed E-state index contributed by atoms with van der Waals surface area (Å²) < 4.78 is 0. The summed E-state index contributed by atoms with van der Waals surface area (Å²) in [5.41, 5.74) is 5.20. The molecule has 0 bridgehead atoms. The number of aliphatic hydroxyl groups is 4. The molecule has 0 saturated carbocycles. The summed E-state index contributed by atoms with van der Waals surface area (Å²) in [6, 6.07) is 41.7. The Morgan fingerprint density at radius 3 is 1.16 bits per heavy atom. The number of nitrogens with zero attached hydrogens (tertiary/aromatic N) is 2. The molecule has 4 aromatic rings. The minimum atomic E-state index is -1.28. The van der Waals surface area contributed by atoms with Gasteiger partial charge in [-0.3, -0.25) is 9.80 Å². The highest BCUT2D eigenvalue weighted by atomic mass is 79.9. The molecule has 50 heavy (non-hydrogen) atoms. The molecule has 1 saturated heterocycles. The summed E-state index contributed by atoms with van der Waals surface area (Å²) in [5.74, 6) is -0.255. The van der Waals surface area contributed by atoms with Crippen LogP contribution in [0, 0.1) is 11.8 Å². The van der Waals surface area contributed by atoms with Gasteiger partial charge in [-0.2, -0.15) is 0 Å². The molecule has 6 N–H and O–H groups in total. The Kier molecular flexibility index (Phi) is 21.4. The van der Waals surface area contributed by atoms with Crippen LogP contribution in [0.15, 0.2) is 121 Å². The van der Waals surface area contributed by atoms with Crippen LogP contribution in [0.4, 0.5) is 0 Å². The minimum absolute atomic E-state index is 0.102. The lowest BCUT2D eigenvalue weighted by Crippen LogP contribution is -2.36. The maximum absolute atomic E-state index is 9.77. The van der Waals surface area contributed by atoms with Gasteiger partial charge in [-0.25, -0.2) is 0 Å². The molecule has 0 amide bonds. The lowest BCUT2D eigenvalue weighted by molar-refractivity contribution is -0.0933. The summed E-state index contributed by atoms with van der Waals surface area (Å²) in [4.78, 5) is 4.65. The number of hydrogen-bond acceptors (Lipinski definition) is 8. The topological polar surface area (TPSA) is 111 Å². The molecule has 0 atom stereocenters. The van der Waals surface area contributed by atoms with Crippen molar-refractivity contribution in [1.29, 1.82) is 0 Å². The molecule has 1 aliphatic heterocycles. The van der Waals surface area contributed by atoms with Gasteiger partial charge in [0.25, 0.3) is 0 Å². The first kappa shape index (κ1) is 41.9. The molecule has 1 aliphatic rings. The van der Waals surface area contributed by atoms with Crippen LogP contribution in [0.2, 0.25) is 0 Å². The Labute approximate surface area is 315 Å². The molecular formula is C40H54Br2N4O4. The minimum Gasteiger partial charge on any atom is -0.368 e. The van der Waals surface area contributed by atoms with Gasteiger partial charge in [0.15, 0.2) is 12.6 Å². The van der Waals surface area contributed by atoms with Gasteiger partial charge in [-0.05, 0) is 22.3 Å². The monoisotopic (exact) mass is 812 g/mol. The van der Waals surface area contributed by atoms with Gasteiger partial charge in [-0.1, -0.05) is 153 Å². The van der Waals surface area contributed by atoms with Gasteiger partial charge in [0, 0.05) is 87.9 Å². The molecule has 0 aromatic heterocycles. The first-order chi connectivity index (χ1) is 24.4. The van der Waals surface area contributed by atoms with Crippen molar-refractivity contribution in [2.45, 2.75) is 38.8 Å². The summed E-state index contributed by atoms with van der Waals surface area (Å²) in [6.07, 6.45) is -2.49. The van der Waals surface area contributed by atoms with E-state index >= 15 is 0 Å². The van der Waals surface area contributed by atoms with Gasteiger partial charge < -0.3 is 31.1 Å². The van der Waals surface area contributed by atoms with Gasteiger partial charge >= 0.3 is 0 Å². The van der Waals surface area contributed by atoms with Gasteiger partial charge in [0.1, 0.15) is 0 Å². The highest BCUT2D eigenvalue weighted by Gasteiger charge is 2.27. The number of aliphatic hydroxyl groups excluding tert-OH is 2. The van der Waals surface area contributed by atoms with Crippen LogP contribution < -0.4 is 10.6 Å². The molecule has 5 rings (SSSR count). The second-order valence-electron chi connectivity index (χ2n) is 12.4. The van der Waals surface area contributed by atoms with E-state index in [4.69, 9.17) is 10.2 Å². The number of rotatable bonds is 15. The highest BCUT2D eigenvalue weighted by Crippen LogP contribution is 2.17. The predicted octanol–water partition coefficient (Wildman–Crippen LogP) is 5.20. The second-order valence-corrected chi connectivity index (χ2v) is 13.7. The zero-order valence-electron chi connectivity index (χ0n) is 28.8. The number of hydrogen-bond donors (Lipinski definition) is 6. The first-order valence-corrected chi connectivity index (χ1v) is 19.5. The van der Waals surface area contributed by atoms with Crippen molar-refractivity contribution in [3.63, 3.8) is 0 Å². The van der Waals surface area contributed by atoms with Crippen LogP contribution in [0.5, 0.6) is 0 Å². The van der Waals surface area contributed by atoms with E-state index < -0.39 is 12.6 Å². The largest absolute Gasteiger partial charge is 0.368 e. The summed E-state index contributed by atoms with van der Waals surface area (Å²) in [6.45, 7) is 8.84. The summed E-state index contributed by atoms with van der Waals surface area (Å²) in [7, 11) is 0. The third kappa shape index (κ3) is 17.6. The van der Waals surface area contributed by atoms with E-state index in [1.165, 1.54) is 22.3 Å². The highest BCUT2D eigenvalue weighted by molar-refractivity contribution is 9.09. The normalized spacial score (nSPS) is 14.2. The fourth-order valence-electron chi connectivity index (χ4n) is 5.38. The van der Waals surface area contributed by atoms with E-state index in [0.717, 1.165) is 52.4 Å². The van der Waals surface area contributed by atoms with Crippen molar-refractivity contribution >= 4 is 31.9 Å². The maximum Gasteiger partial charge on any atom is 0.156 e. The van der Waals surface area contributed by atoms with Crippen LogP contribution >= 0.6 is 31.9 Å². The average molecular weight is 815 g/mol. The molecule has 4 aromatic carbocycles. The Morgan fingerprint density at radius 2 is 0.880 bits per heavy atom. The predicted molar refractivity (Wildman–Crippen MR) is 211 cm³/mol.